The Bertz CT molecular complexity index is 530. The van der Waals surface area contributed by atoms with Crippen LogP contribution in [0.1, 0.15) is 17.8 Å². The molecule has 0 aliphatic heterocycles. The lowest BCUT2D eigenvalue weighted by molar-refractivity contribution is -0.140. The predicted molar refractivity (Wildman–Crippen MR) is 71.8 cm³/mol. The fraction of sp³-hybridized carbons (Fsp3) is 0.333. The molecule has 1 N–H and O–H groups in total. The van der Waals surface area contributed by atoms with Gasteiger partial charge in [0.05, 0.1) is 31.5 Å². The van der Waals surface area contributed by atoms with E-state index in [9.17, 15) is 4.79 Å². The quantitative estimate of drug-likeness (QED) is 0.810. The molecule has 2 aromatic heterocycles. The maximum absolute atomic E-state index is 11.0. The van der Waals surface area contributed by atoms with Crippen LogP contribution in [-0.4, -0.2) is 28.0 Å². The van der Waals surface area contributed by atoms with Crippen LogP contribution in [0, 0.1) is 0 Å². The minimum absolute atomic E-state index is 0.219. The van der Waals surface area contributed by atoms with Crippen molar-refractivity contribution in [3.05, 3.63) is 35.4 Å². The van der Waals surface area contributed by atoms with Gasteiger partial charge in [0.1, 0.15) is 6.33 Å². The van der Waals surface area contributed by atoms with Gasteiger partial charge in [0.25, 0.3) is 0 Å². The lowest BCUT2D eigenvalue weighted by Crippen LogP contribution is -2.03. The number of ether oxygens (including phenoxy) is 1. The first-order valence-electron chi connectivity index (χ1n) is 5.78. The molecule has 19 heavy (non-hydrogen) atoms. The molecule has 0 radical (unpaired) electrons. The number of aromatic nitrogens is 3. The van der Waals surface area contributed by atoms with E-state index in [2.05, 4.69) is 25.0 Å². The number of rotatable bonds is 6. The molecule has 2 rings (SSSR count). The SMILES string of the molecule is COC(=O)CCc1csc(NCc2ccncn2)n1. The Kier molecular flexibility index (Phi) is 4.79. The summed E-state index contributed by atoms with van der Waals surface area (Å²) in [5.74, 6) is -0.219. The van der Waals surface area contributed by atoms with E-state index in [1.807, 2.05) is 11.4 Å². The first-order valence-corrected chi connectivity index (χ1v) is 6.66. The minimum atomic E-state index is -0.219. The minimum Gasteiger partial charge on any atom is -0.469 e. The highest BCUT2D eigenvalue weighted by Gasteiger charge is 2.05. The molecule has 7 heteroatoms. The summed E-state index contributed by atoms with van der Waals surface area (Å²) in [6.07, 6.45) is 4.16. The number of hydrogen-bond acceptors (Lipinski definition) is 7. The molecule has 100 valence electrons. The van der Waals surface area contributed by atoms with Gasteiger partial charge in [0.2, 0.25) is 0 Å². The van der Waals surface area contributed by atoms with Crippen LogP contribution in [-0.2, 0) is 22.5 Å². The number of nitrogens with one attached hydrogen (secondary N) is 1. The zero-order valence-corrected chi connectivity index (χ0v) is 11.3. The summed E-state index contributed by atoms with van der Waals surface area (Å²) in [7, 11) is 1.39. The third-order valence-corrected chi connectivity index (χ3v) is 3.28. The number of nitrogens with zero attached hydrogens (tertiary/aromatic N) is 3. The average Bonchev–Trinajstić information content (AvgIpc) is 2.91. The van der Waals surface area contributed by atoms with Gasteiger partial charge in [-0.05, 0) is 6.07 Å². The van der Waals surface area contributed by atoms with Gasteiger partial charge >= 0.3 is 5.97 Å². The van der Waals surface area contributed by atoms with Crippen LogP contribution in [0.5, 0.6) is 0 Å². The second-order valence-corrected chi connectivity index (χ2v) is 4.63. The Morgan fingerprint density at radius 2 is 2.37 bits per heavy atom. The molecule has 0 aliphatic carbocycles. The van der Waals surface area contributed by atoms with Crippen molar-refractivity contribution in [2.24, 2.45) is 0 Å². The second kappa shape index (κ2) is 6.79. The van der Waals surface area contributed by atoms with Crippen LogP contribution in [0.3, 0.4) is 0 Å². The number of anilines is 1. The Balaban J connectivity index is 1.82. The Morgan fingerprint density at radius 1 is 1.47 bits per heavy atom. The smallest absolute Gasteiger partial charge is 0.305 e. The molecule has 0 saturated carbocycles. The van der Waals surface area contributed by atoms with Crippen LogP contribution >= 0.6 is 11.3 Å². The number of carbonyl (C=O) groups excluding carboxylic acids is 1. The fourth-order valence-electron chi connectivity index (χ4n) is 1.42. The lowest BCUT2D eigenvalue weighted by atomic mass is 10.2. The summed E-state index contributed by atoms with van der Waals surface area (Å²) >= 11 is 1.51. The zero-order valence-electron chi connectivity index (χ0n) is 10.5. The van der Waals surface area contributed by atoms with Crippen molar-refractivity contribution < 1.29 is 9.53 Å². The van der Waals surface area contributed by atoms with E-state index in [1.165, 1.54) is 24.8 Å². The highest BCUT2D eigenvalue weighted by molar-refractivity contribution is 7.13. The predicted octanol–water partition coefficient (Wildman–Crippen LogP) is 1.65. The van der Waals surface area contributed by atoms with E-state index in [1.54, 1.807) is 6.20 Å². The molecular weight excluding hydrogens is 264 g/mol. The van der Waals surface area contributed by atoms with Crippen LogP contribution in [0.4, 0.5) is 5.13 Å². The third-order valence-electron chi connectivity index (χ3n) is 2.43. The summed E-state index contributed by atoms with van der Waals surface area (Å²) < 4.78 is 4.59. The van der Waals surface area contributed by atoms with Crippen molar-refractivity contribution in [3.63, 3.8) is 0 Å². The van der Waals surface area contributed by atoms with Gasteiger partial charge in [-0.15, -0.1) is 11.3 Å². The van der Waals surface area contributed by atoms with Crippen LogP contribution in [0.25, 0.3) is 0 Å². The molecule has 2 aromatic rings. The summed E-state index contributed by atoms with van der Waals surface area (Å²) in [5, 5.41) is 5.94. The van der Waals surface area contributed by atoms with E-state index in [4.69, 9.17) is 0 Å². The van der Waals surface area contributed by atoms with E-state index < -0.39 is 0 Å². The molecule has 2 heterocycles. The highest BCUT2D eigenvalue weighted by atomic mass is 32.1. The highest BCUT2D eigenvalue weighted by Crippen LogP contribution is 2.17. The lowest BCUT2D eigenvalue weighted by Gasteiger charge is -2.00. The molecule has 0 bridgehead atoms. The fourth-order valence-corrected chi connectivity index (χ4v) is 2.17. The van der Waals surface area contributed by atoms with E-state index in [0.717, 1.165) is 16.5 Å². The van der Waals surface area contributed by atoms with E-state index >= 15 is 0 Å². The van der Waals surface area contributed by atoms with Gasteiger partial charge in [-0.1, -0.05) is 0 Å². The van der Waals surface area contributed by atoms with Crippen molar-refractivity contribution >= 4 is 22.4 Å². The number of thiazole rings is 1. The number of carbonyl (C=O) groups is 1. The largest absolute Gasteiger partial charge is 0.469 e. The van der Waals surface area contributed by atoms with Crippen LogP contribution in [0.15, 0.2) is 24.0 Å². The summed E-state index contributed by atoms with van der Waals surface area (Å²) in [6, 6.07) is 1.85. The molecule has 0 amide bonds. The van der Waals surface area contributed by atoms with Crippen molar-refractivity contribution in [1.29, 1.82) is 0 Å². The molecule has 0 aromatic carbocycles. The van der Waals surface area contributed by atoms with Gasteiger partial charge < -0.3 is 10.1 Å². The number of aryl methyl sites for hydroxylation is 1. The maximum Gasteiger partial charge on any atom is 0.305 e. The summed E-state index contributed by atoms with van der Waals surface area (Å²) in [5.41, 5.74) is 1.79. The van der Waals surface area contributed by atoms with Gasteiger partial charge in [0, 0.05) is 18.0 Å². The molecule has 0 aliphatic rings. The molecule has 0 spiro atoms. The molecule has 0 fully saturated rings. The third kappa shape index (κ3) is 4.29. The van der Waals surface area contributed by atoms with Gasteiger partial charge in [-0.25, -0.2) is 15.0 Å². The molecular formula is C12H14N4O2S. The molecule has 0 unspecified atom stereocenters. The van der Waals surface area contributed by atoms with Crippen LogP contribution < -0.4 is 5.32 Å². The standard InChI is InChI=1S/C12H14N4O2S/c1-18-11(17)3-2-10-7-19-12(16-10)14-6-9-4-5-13-8-15-9/h4-5,7-8H,2-3,6H2,1H3,(H,14,16). The zero-order chi connectivity index (χ0) is 13.5. The normalized spacial score (nSPS) is 10.2. The molecule has 0 saturated heterocycles. The first kappa shape index (κ1) is 13.4. The van der Waals surface area contributed by atoms with Crippen molar-refractivity contribution in [2.75, 3.05) is 12.4 Å². The summed E-state index contributed by atoms with van der Waals surface area (Å²) in [6.45, 7) is 0.604. The maximum atomic E-state index is 11.0. The number of hydrogen-bond donors (Lipinski definition) is 1. The van der Waals surface area contributed by atoms with Crippen LogP contribution in [0.2, 0.25) is 0 Å². The first-order chi connectivity index (χ1) is 9.28. The Hall–Kier alpha value is -2.02. The van der Waals surface area contributed by atoms with E-state index in [-0.39, 0.29) is 5.97 Å². The monoisotopic (exact) mass is 278 g/mol. The van der Waals surface area contributed by atoms with Crippen molar-refractivity contribution in [2.45, 2.75) is 19.4 Å². The second-order valence-electron chi connectivity index (χ2n) is 3.77. The Morgan fingerprint density at radius 3 is 3.11 bits per heavy atom. The summed E-state index contributed by atoms with van der Waals surface area (Å²) in [4.78, 5) is 23.4. The Labute approximate surface area is 114 Å². The topological polar surface area (TPSA) is 77.0 Å². The molecule has 6 nitrogen and oxygen atoms in total. The van der Waals surface area contributed by atoms with Gasteiger partial charge in [-0.3, -0.25) is 4.79 Å². The number of methoxy groups -OCH3 is 1. The van der Waals surface area contributed by atoms with Crippen molar-refractivity contribution in [3.8, 4) is 0 Å². The van der Waals surface area contributed by atoms with E-state index in [0.29, 0.717) is 19.4 Å². The number of esters is 1. The van der Waals surface area contributed by atoms with Gasteiger partial charge in [-0.2, -0.15) is 0 Å². The van der Waals surface area contributed by atoms with Crippen molar-refractivity contribution in [1.82, 2.24) is 15.0 Å². The average molecular weight is 278 g/mol. The van der Waals surface area contributed by atoms with Gasteiger partial charge in [0.15, 0.2) is 5.13 Å². The molecule has 0 atom stereocenters.